The van der Waals surface area contributed by atoms with Gasteiger partial charge in [0.05, 0.1) is 12.2 Å². The molecular weight excluding hydrogens is 266 g/mol. The minimum Gasteiger partial charge on any atom is -0.324 e. The first-order valence-corrected chi connectivity index (χ1v) is 6.60. The molecule has 0 atom stereocenters. The molecule has 0 unspecified atom stereocenters. The second kappa shape index (κ2) is 4.55. The summed E-state index contributed by atoms with van der Waals surface area (Å²) in [6, 6.07) is 7.90. The van der Waals surface area contributed by atoms with Gasteiger partial charge < -0.3 is 4.57 Å². The molecule has 7 nitrogen and oxygen atoms in total. The van der Waals surface area contributed by atoms with Gasteiger partial charge in [-0.25, -0.2) is 14.5 Å². The number of nitrogens with zero attached hydrogens (tertiary/aromatic N) is 7. The van der Waals surface area contributed by atoms with Crippen LogP contribution in [-0.4, -0.2) is 33.9 Å². The van der Waals surface area contributed by atoms with Gasteiger partial charge in [-0.1, -0.05) is 6.07 Å². The second-order valence-electron chi connectivity index (χ2n) is 4.80. The van der Waals surface area contributed by atoms with Crippen molar-refractivity contribution in [1.29, 1.82) is 0 Å². The van der Waals surface area contributed by atoms with Gasteiger partial charge in [0.25, 0.3) is 0 Å². The van der Waals surface area contributed by atoms with E-state index >= 15 is 0 Å². The van der Waals surface area contributed by atoms with Crippen molar-refractivity contribution in [1.82, 2.24) is 33.9 Å². The minimum atomic E-state index is 0.659. The lowest BCUT2D eigenvalue weighted by atomic mass is 10.3. The van der Waals surface area contributed by atoms with Gasteiger partial charge in [0.15, 0.2) is 11.5 Å². The highest BCUT2D eigenvalue weighted by atomic mass is 15.3. The molecule has 0 amide bonds. The van der Waals surface area contributed by atoms with Crippen LogP contribution in [-0.2, 0) is 13.6 Å². The first-order valence-electron chi connectivity index (χ1n) is 6.60. The van der Waals surface area contributed by atoms with Crippen LogP contribution in [0, 0.1) is 0 Å². The summed E-state index contributed by atoms with van der Waals surface area (Å²) in [5, 5.41) is 8.66. The Hall–Kier alpha value is -2.96. The predicted molar refractivity (Wildman–Crippen MR) is 76.5 cm³/mol. The van der Waals surface area contributed by atoms with E-state index in [1.165, 1.54) is 0 Å². The summed E-state index contributed by atoms with van der Waals surface area (Å²) in [5.41, 5.74) is 2.74. The monoisotopic (exact) mass is 279 g/mol. The van der Waals surface area contributed by atoms with E-state index in [0.717, 1.165) is 22.9 Å². The highest BCUT2D eigenvalue weighted by molar-refractivity contribution is 5.49. The van der Waals surface area contributed by atoms with Gasteiger partial charge in [0.1, 0.15) is 12.0 Å². The zero-order valence-corrected chi connectivity index (χ0v) is 11.5. The van der Waals surface area contributed by atoms with Crippen molar-refractivity contribution in [2.75, 3.05) is 0 Å². The summed E-state index contributed by atoms with van der Waals surface area (Å²) < 4.78 is 5.66. The highest BCUT2D eigenvalue weighted by Crippen LogP contribution is 2.16. The molecule has 0 aliphatic heterocycles. The van der Waals surface area contributed by atoms with Gasteiger partial charge in [-0.05, 0) is 18.2 Å². The highest BCUT2D eigenvalue weighted by Gasteiger charge is 2.10. The number of aryl methyl sites for hydroxylation is 1. The standard InChI is InChI=1S/C14H13N7/c1-19-7-5-12(18-19)14-15-6-8-20(14)9-11-3-2-4-13-16-10-17-21(11)13/h2-8,10H,9H2,1H3. The van der Waals surface area contributed by atoms with Gasteiger partial charge in [-0.2, -0.15) is 10.2 Å². The zero-order chi connectivity index (χ0) is 14.2. The molecule has 7 heteroatoms. The molecule has 0 aromatic carbocycles. The van der Waals surface area contributed by atoms with Crippen LogP contribution in [0.15, 0.2) is 49.2 Å². The van der Waals surface area contributed by atoms with Gasteiger partial charge in [0, 0.05) is 25.6 Å². The van der Waals surface area contributed by atoms with Crippen LogP contribution in [0.3, 0.4) is 0 Å². The zero-order valence-electron chi connectivity index (χ0n) is 11.5. The van der Waals surface area contributed by atoms with Crippen molar-refractivity contribution in [3.8, 4) is 11.5 Å². The second-order valence-corrected chi connectivity index (χ2v) is 4.80. The molecule has 0 N–H and O–H groups in total. The smallest absolute Gasteiger partial charge is 0.160 e. The van der Waals surface area contributed by atoms with Crippen LogP contribution in [0.25, 0.3) is 17.2 Å². The van der Waals surface area contributed by atoms with E-state index in [-0.39, 0.29) is 0 Å². The Balaban J connectivity index is 1.75. The van der Waals surface area contributed by atoms with Crippen molar-refractivity contribution in [2.24, 2.45) is 7.05 Å². The van der Waals surface area contributed by atoms with Crippen molar-refractivity contribution >= 4 is 5.65 Å². The fourth-order valence-corrected chi connectivity index (χ4v) is 2.40. The molecule has 0 spiro atoms. The lowest BCUT2D eigenvalue weighted by molar-refractivity contribution is 0.729. The SMILES string of the molecule is Cn1ccc(-c2nccn2Cc2cccc3ncnn23)n1. The van der Waals surface area contributed by atoms with Crippen molar-refractivity contribution in [3.63, 3.8) is 0 Å². The van der Waals surface area contributed by atoms with Crippen molar-refractivity contribution in [2.45, 2.75) is 6.54 Å². The molecule has 0 bridgehead atoms. The van der Waals surface area contributed by atoms with E-state index < -0.39 is 0 Å². The summed E-state index contributed by atoms with van der Waals surface area (Å²) in [4.78, 5) is 8.61. The van der Waals surface area contributed by atoms with E-state index in [2.05, 4.69) is 24.7 Å². The summed E-state index contributed by atoms with van der Waals surface area (Å²) in [7, 11) is 1.90. The summed E-state index contributed by atoms with van der Waals surface area (Å²) in [5.74, 6) is 0.840. The minimum absolute atomic E-state index is 0.659. The largest absolute Gasteiger partial charge is 0.324 e. The fraction of sp³-hybridized carbons (Fsp3) is 0.143. The molecule has 0 fully saturated rings. The maximum absolute atomic E-state index is 4.41. The van der Waals surface area contributed by atoms with Crippen molar-refractivity contribution < 1.29 is 0 Å². The number of aromatic nitrogens is 7. The molecule has 0 radical (unpaired) electrons. The van der Waals surface area contributed by atoms with Crippen molar-refractivity contribution in [3.05, 3.63) is 54.9 Å². The Morgan fingerprint density at radius 3 is 2.90 bits per heavy atom. The van der Waals surface area contributed by atoms with Crippen LogP contribution < -0.4 is 0 Å². The van der Waals surface area contributed by atoms with Gasteiger partial charge in [-0.3, -0.25) is 4.68 Å². The Kier molecular flexibility index (Phi) is 2.56. The maximum atomic E-state index is 4.41. The van der Waals surface area contributed by atoms with Gasteiger partial charge >= 0.3 is 0 Å². The normalized spacial score (nSPS) is 11.3. The average molecular weight is 279 g/mol. The number of imidazole rings is 1. The molecule has 4 heterocycles. The third kappa shape index (κ3) is 1.99. The van der Waals surface area contributed by atoms with Crippen LogP contribution in [0.2, 0.25) is 0 Å². The third-order valence-electron chi connectivity index (χ3n) is 3.37. The van der Waals surface area contributed by atoms with Crippen LogP contribution >= 0.6 is 0 Å². The number of hydrogen-bond donors (Lipinski definition) is 0. The fourth-order valence-electron chi connectivity index (χ4n) is 2.40. The molecule has 104 valence electrons. The summed E-state index contributed by atoms with van der Waals surface area (Å²) >= 11 is 0. The lowest BCUT2D eigenvalue weighted by Crippen LogP contribution is -2.07. The van der Waals surface area contributed by atoms with Gasteiger partial charge in [0.2, 0.25) is 0 Å². The molecule has 0 aliphatic rings. The van der Waals surface area contributed by atoms with E-state index in [9.17, 15) is 0 Å². The Morgan fingerprint density at radius 2 is 2.05 bits per heavy atom. The summed E-state index contributed by atoms with van der Waals surface area (Å²) in [6.45, 7) is 0.659. The Labute approximate surface area is 120 Å². The number of fused-ring (bicyclic) bond motifs is 1. The van der Waals surface area contributed by atoms with Crippen LogP contribution in [0.1, 0.15) is 5.69 Å². The molecule has 4 aromatic heterocycles. The Bertz CT molecular complexity index is 899. The average Bonchev–Trinajstić information content (AvgIpc) is 3.18. The first kappa shape index (κ1) is 11.8. The van der Waals surface area contributed by atoms with E-state index in [1.54, 1.807) is 17.2 Å². The quantitative estimate of drug-likeness (QED) is 0.568. The molecule has 4 aromatic rings. The van der Waals surface area contributed by atoms with E-state index in [1.807, 2.05) is 48.2 Å². The van der Waals surface area contributed by atoms with Crippen LogP contribution in [0.5, 0.6) is 0 Å². The number of hydrogen-bond acceptors (Lipinski definition) is 4. The predicted octanol–water partition coefficient (Wildman–Crippen LogP) is 1.37. The molecule has 0 aliphatic carbocycles. The molecule has 0 saturated carbocycles. The first-order chi connectivity index (χ1) is 10.3. The lowest BCUT2D eigenvalue weighted by Gasteiger charge is -2.07. The molecule has 0 saturated heterocycles. The third-order valence-corrected chi connectivity index (χ3v) is 3.37. The van der Waals surface area contributed by atoms with Crippen LogP contribution in [0.4, 0.5) is 0 Å². The number of rotatable bonds is 3. The number of pyridine rings is 1. The van der Waals surface area contributed by atoms with E-state index in [4.69, 9.17) is 0 Å². The Morgan fingerprint density at radius 1 is 1.10 bits per heavy atom. The summed E-state index contributed by atoms with van der Waals surface area (Å²) in [6.07, 6.45) is 7.20. The van der Waals surface area contributed by atoms with Gasteiger partial charge in [-0.15, -0.1) is 0 Å². The molecular formula is C14H13N7. The topological polar surface area (TPSA) is 65.8 Å². The maximum Gasteiger partial charge on any atom is 0.160 e. The molecule has 4 rings (SSSR count). The van der Waals surface area contributed by atoms with E-state index in [0.29, 0.717) is 6.54 Å². The molecule has 21 heavy (non-hydrogen) atoms.